The molecule has 1 atom stereocenters. The Morgan fingerprint density at radius 3 is 2.37 bits per heavy atom. The normalized spacial score (nSPS) is 24.1. The molecular formula is C18H19ClF3N3O2. The van der Waals surface area contributed by atoms with Crippen LogP contribution in [0.1, 0.15) is 49.4 Å². The molecule has 27 heavy (non-hydrogen) atoms. The zero-order valence-electron chi connectivity index (χ0n) is 14.6. The standard InChI is InChI=1S/C18H19ClF3N3O2/c1-11-23-17(18(20,21)22,16(27)25(11)14-5-3-2-4-6-14)24-15(26)12-7-9-13(19)10-8-12/h7-10,14H,2-6H2,1H3,(H,24,26). The van der Waals surface area contributed by atoms with Crippen molar-refractivity contribution in [2.45, 2.75) is 56.9 Å². The first kappa shape index (κ1) is 19.7. The summed E-state index contributed by atoms with van der Waals surface area (Å²) >= 11 is 5.74. The Balaban J connectivity index is 1.93. The minimum Gasteiger partial charge on any atom is -0.312 e. The summed E-state index contributed by atoms with van der Waals surface area (Å²) in [6.07, 6.45) is -1.14. The number of nitrogens with one attached hydrogen (secondary N) is 1. The summed E-state index contributed by atoms with van der Waals surface area (Å²) in [7, 11) is 0. The fraction of sp³-hybridized carbons (Fsp3) is 0.500. The Bertz CT molecular complexity index is 773. The molecule has 9 heteroatoms. The molecule has 1 heterocycles. The van der Waals surface area contributed by atoms with Crippen molar-refractivity contribution >= 4 is 29.3 Å². The van der Waals surface area contributed by atoms with E-state index < -0.39 is 23.7 Å². The van der Waals surface area contributed by atoms with Gasteiger partial charge in [-0.1, -0.05) is 30.9 Å². The molecule has 1 N–H and O–H groups in total. The van der Waals surface area contributed by atoms with Gasteiger partial charge in [-0.25, -0.2) is 4.99 Å². The van der Waals surface area contributed by atoms with Gasteiger partial charge in [0.25, 0.3) is 11.8 Å². The molecule has 146 valence electrons. The smallest absolute Gasteiger partial charge is 0.312 e. The fourth-order valence-corrected chi connectivity index (χ4v) is 3.74. The van der Waals surface area contributed by atoms with Crippen molar-refractivity contribution in [1.82, 2.24) is 10.2 Å². The van der Waals surface area contributed by atoms with Gasteiger partial charge >= 0.3 is 11.8 Å². The molecule has 0 saturated heterocycles. The van der Waals surface area contributed by atoms with E-state index in [1.54, 1.807) is 0 Å². The minimum atomic E-state index is -5.07. The van der Waals surface area contributed by atoms with Crippen molar-refractivity contribution in [3.8, 4) is 0 Å². The number of benzene rings is 1. The molecule has 3 rings (SSSR count). The lowest BCUT2D eigenvalue weighted by Gasteiger charge is -2.34. The molecule has 2 amide bonds. The SMILES string of the molecule is CC1=NC(NC(=O)c2ccc(Cl)cc2)(C(F)(F)F)C(=O)N1C1CCCCC1. The summed E-state index contributed by atoms with van der Waals surface area (Å²) in [4.78, 5) is 30.0. The van der Waals surface area contributed by atoms with Crippen LogP contribution in [0.3, 0.4) is 0 Å². The largest absolute Gasteiger partial charge is 0.442 e. The highest BCUT2D eigenvalue weighted by Gasteiger charge is 2.67. The number of hydrogen-bond donors (Lipinski definition) is 1. The van der Waals surface area contributed by atoms with Crippen molar-refractivity contribution in [2.75, 3.05) is 0 Å². The Morgan fingerprint density at radius 2 is 1.81 bits per heavy atom. The number of nitrogens with zero attached hydrogens (tertiary/aromatic N) is 2. The van der Waals surface area contributed by atoms with Crippen LogP contribution < -0.4 is 5.32 Å². The monoisotopic (exact) mass is 401 g/mol. The topological polar surface area (TPSA) is 61.8 Å². The first-order valence-corrected chi connectivity index (χ1v) is 9.08. The van der Waals surface area contributed by atoms with Gasteiger partial charge in [0.2, 0.25) is 0 Å². The van der Waals surface area contributed by atoms with Crippen LogP contribution in [-0.4, -0.2) is 40.4 Å². The molecule has 5 nitrogen and oxygen atoms in total. The molecule has 1 aromatic rings. The van der Waals surface area contributed by atoms with Crippen LogP contribution >= 0.6 is 11.6 Å². The molecule has 0 spiro atoms. The van der Waals surface area contributed by atoms with Crippen molar-refractivity contribution in [3.05, 3.63) is 34.9 Å². The van der Waals surface area contributed by atoms with Crippen LogP contribution in [0.5, 0.6) is 0 Å². The van der Waals surface area contributed by atoms with E-state index in [1.807, 2.05) is 5.32 Å². The number of hydrogen-bond acceptors (Lipinski definition) is 3. The highest BCUT2D eigenvalue weighted by molar-refractivity contribution is 6.30. The molecular weight excluding hydrogens is 383 g/mol. The van der Waals surface area contributed by atoms with E-state index >= 15 is 0 Å². The van der Waals surface area contributed by atoms with Crippen LogP contribution in [0, 0.1) is 0 Å². The van der Waals surface area contributed by atoms with Gasteiger partial charge in [0.1, 0.15) is 5.84 Å². The first-order chi connectivity index (χ1) is 12.7. The van der Waals surface area contributed by atoms with Gasteiger partial charge in [-0.05, 0) is 44.0 Å². The maximum absolute atomic E-state index is 13.9. The number of alkyl halides is 3. The van der Waals surface area contributed by atoms with Crippen molar-refractivity contribution in [2.24, 2.45) is 4.99 Å². The van der Waals surface area contributed by atoms with Crippen LogP contribution in [0.4, 0.5) is 13.2 Å². The van der Waals surface area contributed by atoms with E-state index in [0.29, 0.717) is 17.9 Å². The lowest BCUT2D eigenvalue weighted by molar-refractivity contribution is -0.197. The third-order valence-corrected chi connectivity index (χ3v) is 5.21. The van der Waals surface area contributed by atoms with Gasteiger partial charge in [-0.2, -0.15) is 13.2 Å². The second kappa shape index (κ2) is 7.14. The zero-order chi connectivity index (χ0) is 19.8. The first-order valence-electron chi connectivity index (χ1n) is 8.70. The lowest BCUT2D eigenvalue weighted by atomic mass is 9.93. The number of carbonyl (C=O) groups is 2. The summed E-state index contributed by atoms with van der Waals surface area (Å²) < 4.78 is 41.8. The van der Waals surface area contributed by atoms with Gasteiger partial charge in [-0.3, -0.25) is 14.5 Å². The van der Waals surface area contributed by atoms with Gasteiger partial charge in [-0.15, -0.1) is 0 Å². The van der Waals surface area contributed by atoms with E-state index in [4.69, 9.17) is 11.6 Å². The van der Waals surface area contributed by atoms with E-state index in [2.05, 4.69) is 4.99 Å². The predicted octanol–water partition coefficient (Wildman–Crippen LogP) is 3.92. The molecule has 1 aliphatic carbocycles. The maximum Gasteiger partial charge on any atom is 0.442 e. The minimum absolute atomic E-state index is 0.0272. The Hall–Kier alpha value is -2.09. The molecule has 1 aromatic carbocycles. The highest BCUT2D eigenvalue weighted by Crippen LogP contribution is 2.39. The van der Waals surface area contributed by atoms with Crippen molar-refractivity contribution in [1.29, 1.82) is 0 Å². The number of aliphatic imine (C=N–C) groups is 1. The predicted molar refractivity (Wildman–Crippen MR) is 94.5 cm³/mol. The molecule has 0 aromatic heterocycles. The van der Waals surface area contributed by atoms with Crippen molar-refractivity contribution < 1.29 is 22.8 Å². The van der Waals surface area contributed by atoms with Gasteiger partial charge < -0.3 is 5.32 Å². The summed E-state index contributed by atoms with van der Waals surface area (Å²) in [6.45, 7) is 1.37. The molecule has 1 aliphatic heterocycles. The number of rotatable bonds is 3. The summed E-state index contributed by atoms with van der Waals surface area (Å²) in [5.74, 6) is -2.32. The lowest BCUT2D eigenvalue weighted by Crippen LogP contribution is -2.64. The van der Waals surface area contributed by atoms with E-state index in [0.717, 1.165) is 24.2 Å². The molecule has 0 radical (unpaired) electrons. The second-order valence-electron chi connectivity index (χ2n) is 6.80. The average molecular weight is 402 g/mol. The number of amidine groups is 1. The highest BCUT2D eigenvalue weighted by atomic mass is 35.5. The van der Waals surface area contributed by atoms with Crippen molar-refractivity contribution in [3.63, 3.8) is 0 Å². The Kier molecular flexibility index (Phi) is 5.20. The van der Waals surface area contributed by atoms with Gasteiger partial charge in [0.05, 0.1) is 0 Å². The number of halogens is 4. The number of amides is 2. The summed E-state index contributed by atoms with van der Waals surface area (Å²) in [5, 5.41) is 2.17. The zero-order valence-corrected chi connectivity index (χ0v) is 15.4. The van der Waals surface area contributed by atoms with E-state index in [9.17, 15) is 22.8 Å². The van der Waals surface area contributed by atoms with E-state index in [-0.39, 0.29) is 17.4 Å². The summed E-state index contributed by atoms with van der Waals surface area (Å²) in [6, 6.07) is 5.02. The Labute approximate surface area is 159 Å². The maximum atomic E-state index is 13.9. The van der Waals surface area contributed by atoms with Gasteiger partial charge in [0, 0.05) is 16.6 Å². The van der Waals surface area contributed by atoms with Crippen LogP contribution in [-0.2, 0) is 4.79 Å². The third kappa shape index (κ3) is 3.54. The average Bonchev–Trinajstić information content (AvgIpc) is 2.87. The van der Waals surface area contributed by atoms with Crippen LogP contribution in [0.2, 0.25) is 5.02 Å². The van der Waals surface area contributed by atoms with Crippen LogP contribution in [0.15, 0.2) is 29.3 Å². The Morgan fingerprint density at radius 1 is 1.22 bits per heavy atom. The number of carbonyl (C=O) groups excluding carboxylic acids is 2. The molecule has 1 unspecified atom stereocenters. The second-order valence-corrected chi connectivity index (χ2v) is 7.23. The van der Waals surface area contributed by atoms with Gasteiger partial charge in [0.15, 0.2) is 0 Å². The molecule has 1 fully saturated rings. The fourth-order valence-electron chi connectivity index (χ4n) is 3.61. The van der Waals surface area contributed by atoms with E-state index in [1.165, 1.54) is 31.2 Å². The molecule has 1 saturated carbocycles. The molecule has 2 aliphatic rings. The third-order valence-electron chi connectivity index (χ3n) is 4.96. The summed E-state index contributed by atoms with van der Waals surface area (Å²) in [5.41, 5.74) is -3.34. The van der Waals surface area contributed by atoms with Crippen LogP contribution in [0.25, 0.3) is 0 Å². The quantitative estimate of drug-likeness (QED) is 0.834. The molecule has 0 bridgehead atoms.